The van der Waals surface area contributed by atoms with Crippen molar-refractivity contribution in [1.29, 1.82) is 0 Å². The van der Waals surface area contributed by atoms with Crippen LogP contribution in [0.4, 0.5) is 28.0 Å². The first-order chi connectivity index (χ1) is 24.9. The Morgan fingerprint density at radius 1 is 0.865 bits per heavy atom. The Bertz CT molecular complexity index is 1750. The van der Waals surface area contributed by atoms with E-state index in [1.807, 2.05) is 20.8 Å². The van der Waals surface area contributed by atoms with Gasteiger partial charge in [0.15, 0.2) is 0 Å². The Morgan fingerprint density at radius 3 is 1.96 bits per heavy atom. The van der Waals surface area contributed by atoms with Gasteiger partial charge in [-0.2, -0.15) is 0 Å². The van der Waals surface area contributed by atoms with Gasteiger partial charge in [0.2, 0.25) is 5.91 Å². The summed E-state index contributed by atoms with van der Waals surface area (Å²) >= 11 is 0. The molecule has 0 aromatic heterocycles. The fraction of sp³-hybridized carbons (Fsp3) is 0.350. The van der Waals surface area contributed by atoms with Gasteiger partial charge in [-0.3, -0.25) is 4.79 Å². The van der Waals surface area contributed by atoms with Crippen molar-refractivity contribution in [3.05, 3.63) is 137 Å². The molecule has 1 heterocycles. The fourth-order valence-corrected chi connectivity index (χ4v) is 6.45. The van der Waals surface area contributed by atoms with Gasteiger partial charge in [0.25, 0.3) is 0 Å². The van der Waals surface area contributed by atoms with E-state index < -0.39 is 41.4 Å². The van der Waals surface area contributed by atoms with Crippen LogP contribution in [0.25, 0.3) is 0 Å². The van der Waals surface area contributed by atoms with Crippen molar-refractivity contribution < 1.29 is 36.6 Å². The van der Waals surface area contributed by atoms with E-state index in [1.165, 1.54) is 72.8 Å². The minimum atomic E-state index is -1.18. The van der Waals surface area contributed by atoms with Crippen LogP contribution in [-0.4, -0.2) is 49.4 Å². The molecule has 0 radical (unpaired) electrons. The number of halogens is 4. The number of hydrogen-bond donors (Lipinski definition) is 4. The minimum Gasteiger partial charge on any atom is -0.448 e. The Kier molecular flexibility index (Phi) is 13.0. The van der Waals surface area contributed by atoms with Crippen LogP contribution in [0, 0.1) is 29.2 Å². The summed E-state index contributed by atoms with van der Waals surface area (Å²) in [7, 11) is 0. The third-order valence-corrected chi connectivity index (χ3v) is 9.36. The van der Waals surface area contributed by atoms with Crippen molar-refractivity contribution in [3.63, 3.8) is 0 Å². The predicted octanol–water partition coefficient (Wildman–Crippen LogP) is 7.14. The van der Waals surface area contributed by atoms with E-state index in [2.05, 4.69) is 16.0 Å². The first-order valence-corrected chi connectivity index (χ1v) is 17.3. The molecule has 0 aliphatic carbocycles. The lowest BCUT2D eigenvalue weighted by atomic mass is 9.85. The molecule has 1 aliphatic rings. The predicted molar refractivity (Wildman–Crippen MR) is 191 cm³/mol. The Morgan fingerprint density at radius 2 is 1.42 bits per heavy atom. The largest absolute Gasteiger partial charge is 0.448 e. The summed E-state index contributed by atoms with van der Waals surface area (Å²) in [6.07, 6.45) is -0.579. The molecule has 1 saturated heterocycles. The average Bonchev–Trinajstić information content (AvgIpc) is 3.12. The lowest BCUT2D eigenvalue weighted by Crippen LogP contribution is -2.54. The maximum absolute atomic E-state index is 15.2. The Balaban J connectivity index is 1.16. The fourth-order valence-electron chi connectivity index (χ4n) is 6.45. The van der Waals surface area contributed by atoms with Crippen LogP contribution in [0.3, 0.4) is 0 Å². The molecule has 4 aromatic carbocycles. The number of benzene rings is 4. The number of carbonyl (C=O) groups excluding carboxylic acids is 2. The summed E-state index contributed by atoms with van der Waals surface area (Å²) in [6, 6.07) is 19.6. The molecule has 0 bridgehead atoms. The van der Waals surface area contributed by atoms with E-state index >= 15 is 4.39 Å². The van der Waals surface area contributed by atoms with Crippen LogP contribution in [-0.2, 0) is 20.7 Å². The number of anilines is 1. The van der Waals surface area contributed by atoms with Crippen molar-refractivity contribution in [3.8, 4) is 0 Å². The topological polar surface area (TPSA) is 115 Å². The summed E-state index contributed by atoms with van der Waals surface area (Å²) in [6.45, 7) is 6.22. The average molecular weight is 721 g/mol. The van der Waals surface area contributed by atoms with Gasteiger partial charge >= 0.3 is 6.09 Å². The molecule has 8 nitrogen and oxygen atoms in total. The van der Waals surface area contributed by atoms with E-state index in [0.717, 1.165) is 5.56 Å². The number of amides is 2. The highest BCUT2D eigenvalue weighted by atomic mass is 19.1. The monoisotopic (exact) mass is 720 g/mol. The second-order valence-corrected chi connectivity index (χ2v) is 13.4. The van der Waals surface area contributed by atoms with Crippen LogP contribution >= 0.6 is 0 Å². The van der Waals surface area contributed by atoms with Gasteiger partial charge < -0.3 is 31.2 Å². The Labute approximate surface area is 301 Å². The lowest BCUT2D eigenvalue weighted by molar-refractivity contribution is -0.117. The molecule has 5 atom stereocenters. The van der Waals surface area contributed by atoms with E-state index in [-0.39, 0.29) is 60.3 Å². The van der Waals surface area contributed by atoms with Crippen molar-refractivity contribution in [2.45, 2.75) is 69.9 Å². The molecule has 12 heteroatoms. The van der Waals surface area contributed by atoms with Crippen LogP contribution in [0.1, 0.15) is 61.4 Å². The number of carbonyl (C=O) groups is 2. The zero-order valence-electron chi connectivity index (χ0n) is 29.3. The van der Waals surface area contributed by atoms with E-state index in [0.29, 0.717) is 24.1 Å². The number of nitrogens with one attached hydrogen (secondary N) is 3. The maximum Gasteiger partial charge on any atom is 0.407 e. The van der Waals surface area contributed by atoms with Crippen LogP contribution < -0.4 is 21.7 Å². The lowest BCUT2D eigenvalue weighted by Gasteiger charge is -2.35. The number of nitrogens with two attached hydrogens (primary N) is 1. The summed E-state index contributed by atoms with van der Waals surface area (Å²) < 4.78 is 67.8. The van der Waals surface area contributed by atoms with Crippen molar-refractivity contribution in [1.82, 2.24) is 10.6 Å². The molecule has 5 N–H and O–H groups in total. The molecule has 276 valence electrons. The molecule has 4 aromatic rings. The van der Waals surface area contributed by atoms with Gasteiger partial charge in [-0.05, 0) is 90.9 Å². The van der Waals surface area contributed by atoms with Gasteiger partial charge in [0.05, 0.1) is 30.3 Å². The second kappa shape index (κ2) is 17.6. The standard InChI is InChI=1S/C40H44F4N4O4/c1-23(2)38(27-11-17-30(43)18-12-27)48-40(50)51-22-35-24(3)52-31(21-46-35)19-20-32-33(44)5-4-6-34(32)47-39(49)37(45)36(25-7-13-28(41)14-8-25)26-9-15-29(42)16-10-26/h4-18,23-24,31,35-38,46H,19-22,45H2,1-3H3,(H,47,49)(H,48,50)/t24-,31+,35+,37-,38+/m0/s1. The highest BCUT2D eigenvalue weighted by Crippen LogP contribution is 2.30. The number of alkyl carbamates (subject to hydrolysis) is 1. The molecule has 0 spiro atoms. The molecule has 52 heavy (non-hydrogen) atoms. The molecule has 1 aliphatic heterocycles. The molecule has 0 saturated carbocycles. The van der Waals surface area contributed by atoms with Crippen molar-refractivity contribution >= 4 is 17.7 Å². The van der Waals surface area contributed by atoms with Crippen LogP contribution in [0.15, 0.2) is 91.0 Å². The number of morpholine rings is 1. The maximum atomic E-state index is 15.2. The normalized spacial score (nSPS) is 18.5. The third-order valence-electron chi connectivity index (χ3n) is 9.36. The molecule has 1 fully saturated rings. The number of hydrogen-bond acceptors (Lipinski definition) is 6. The van der Waals surface area contributed by atoms with E-state index in [4.69, 9.17) is 15.2 Å². The number of rotatable bonds is 13. The first kappa shape index (κ1) is 38.5. The Hall–Kier alpha value is -4.78. The first-order valence-electron chi connectivity index (χ1n) is 17.3. The zero-order valence-corrected chi connectivity index (χ0v) is 29.3. The summed E-state index contributed by atoms with van der Waals surface area (Å²) in [4.78, 5) is 26.3. The minimum absolute atomic E-state index is 0.0358. The van der Waals surface area contributed by atoms with E-state index in [9.17, 15) is 22.8 Å². The molecular weight excluding hydrogens is 676 g/mol. The van der Waals surface area contributed by atoms with Gasteiger partial charge in [-0.1, -0.05) is 56.3 Å². The zero-order chi connectivity index (χ0) is 37.4. The quantitative estimate of drug-likeness (QED) is 0.109. The van der Waals surface area contributed by atoms with Gasteiger partial charge in [-0.25, -0.2) is 22.4 Å². The van der Waals surface area contributed by atoms with Gasteiger partial charge in [0, 0.05) is 23.7 Å². The molecule has 2 amide bonds. The molecular formula is C40H44F4N4O4. The highest BCUT2D eigenvalue weighted by Gasteiger charge is 2.31. The summed E-state index contributed by atoms with van der Waals surface area (Å²) in [5, 5.41) is 8.99. The van der Waals surface area contributed by atoms with Crippen molar-refractivity contribution in [2.75, 3.05) is 18.5 Å². The molecule has 5 rings (SSSR count). The summed E-state index contributed by atoms with van der Waals surface area (Å²) in [5.41, 5.74) is 8.91. The highest BCUT2D eigenvalue weighted by molar-refractivity contribution is 5.96. The van der Waals surface area contributed by atoms with Crippen LogP contribution in [0.2, 0.25) is 0 Å². The van der Waals surface area contributed by atoms with Crippen molar-refractivity contribution in [2.24, 2.45) is 11.7 Å². The second-order valence-electron chi connectivity index (χ2n) is 13.4. The summed E-state index contributed by atoms with van der Waals surface area (Å²) in [5.74, 6) is -3.08. The SMILES string of the molecule is CC(C)[C@@H](NC(=O)OC[C@H]1NC[C@@H](CCc2c(F)cccc2NC(=O)[C@@H](N)C(c2ccc(F)cc2)c2ccc(F)cc2)O[C@H]1C)c1ccc(F)cc1. The third kappa shape index (κ3) is 9.96. The molecule has 0 unspecified atom stereocenters. The van der Waals surface area contributed by atoms with Gasteiger partial charge in [0.1, 0.15) is 29.9 Å². The number of ether oxygens (including phenoxy) is 2. The smallest absolute Gasteiger partial charge is 0.407 e. The van der Waals surface area contributed by atoms with Crippen LogP contribution in [0.5, 0.6) is 0 Å². The van der Waals surface area contributed by atoms with E-state index in [1.54, 1.807) is 18.2 Å². The van der Waals surface area contributed by atoms with Gasteiger partial charge in [-0.15, -0.1) is 0 Å².